The highest BCUT2D eigenvalue weighted by Crippen LogP contribution is 2.26. The van der Waals surface area contributed by atoms with Crippen molar-refractivity contribution in [1.82, 2.24) is 0 Å². The summed E-state index contributed by atoms with van der Waals surface area (Å²) in [7, 11) is 0. The summed E-state index contributed by atoms with van der Waals surface area (Å²) in [4.78, 5) is 12.0. The minimum absolute atomic E-state index is 0.422. The molecule has 4 heteroatoms. The topological polar surface area (TPSA) is 69.1 Å². The van der Waals surface area contributed by atoms with Crippen LogP contribution in [0.25, 0.3) is 0 Å². The van der Waals surface area contributed by atoms with Crippen LogP contribution in [0.2, 0.25) is 0 Å². The molecule has 72 valence electrons. The number of nitrogen functional groups attached to an aromatic ring is 1. The lowest BCUT2D eigenvalue weighted by Crippen LogP contribution is -2.14. The Morgan fingerprint density at radius 1 is 1.62 bits per heavy atom. The zero-order valence-corrected chi connectivity index (χ0v) is 8.65. The summed E-state index contributed by atoms with van der Waals surface area (Å²) in [5, 5.41) is 1.78. The van der Waals surface area contributed by atoms with Gasteiger partial charge in [0.1, 0.15) is 0 Å². The summed E-state index contributed by atoms with van der Waals surface area (Å²) in [6.45, 7) is 4.20. The van der Waals surface area contributed by atoms with Crippen molar-refractivity contribution in [3.8, 4) is 0 Å². The Kier molecular flexibility index (Phi) is 2.93. The quantitative estimate of drug-likeness (QED) is 0.775. The zero-order valence-electron chi connectivity index (χ0n) is 7.83. The van der Waals surface area contributed by atoms with Gasteiger partial charge in [0, 0.05) is 10.3 Å². The van der Waals surface area contributed by atoms with Gasteiger partial charge >= 0.3 is 0 Å². The minimum Gasteiger partial charge on any atom is -0.397 e. The molecule has 0 aromatic carbocycles. The number of primary amides is 1. The highest BCUT2D eigenvalue weighted by molar-refractivity contribution is 7.10. The largest absolute Gasteiger partial charge is 0.397 e. The van der Waals surface area contributed by atoms with E-state index in [1.165, 1.54) is 11.3 Å². The number of amides is 1. The van der Waals surface area contributed by atoms with Crippen molar-refractivity contribution in [3.63, 3.8) is 0 Å². The average Bonchev–Trinajstić information content (AvgIpc) is 2.30. The van der Waals surface area contributed by atoms with E-state index in [9.17, 15) is 4.79 Å². The van der Waals surface area contributed by atoms with Gasteiger partial charge in [-0.3, -0.25) is 4.79 Å². The number of thiophene rings is 1. The number of carbonyl (C=O) groups excluding carboxylic acids is 1. The van der Waals surface area contributed by atoms with Gasteiger partial charge in [-0.05, 0) is 12.3 Å². The molecule has 0 aliphatic heterocycles. The molecule has 0 atom stereocenters. The van der Waals surface area contributed by atoms with Crippen LogP contribution < -0.4 is 11.5 Å². The van der Waals surface area contributed by atoms with E-state index in [2.05, 4.69) is 13.8 Å². The second kappa shape index (κ2) is 3.79. The Balaban J connectivity index is 3.00. The van der Waals surface area contributed by atoms with E-state index in [-0.39, 0.29) is 0 Å². The number of anilines is 1. The molecule has 0 aliphatic rings. The van der Waals surface area contributed by atoms with Crippen molar-refractivity contribution in [1.29, 1.82) is 0 Å². The van der Waals surface area contributed by atoms with Gasteiger partial charge in [-0.1, -0.05) is 13.8 Å². The Hall–Kier alpha value is -1.03. The van der Waals surface area contributed by atoms with Gasteiger partial charge in [-0.2, -0.15) is 0 Å². The predicted octanol–water partition coefficient (Wildman–Crippen LogP) is 1.63. The molecule has 0 spiro atoms. The van der Waals surface area contributed by atoms with Crippen LogP contribution >= 0.6 is 11.3 Å². The summed E-state index contributed by atoms with van der Waals surface area (Å²) in [5.74, 6) is 0.0885. The fourth-order valence-electron chi connectivity index (χ4n) is 1.21. The zero-order chi connectivity index (χ0) is 10.0. The lowest BCUT2D eigenvalue weighted by atomic mass is 10.1. The minimum atomic E-state index is -0.422. The normalized spacial score (nSPS) is 10.7. The summed E-state index contributed by atoms with van der Waals surface area (Å²) in [5.41, 5.74) is 11.9. The number of nitrogens with two attached hydrogens (primary N) is 2. The van der Waals surface area contributed by atoms with Crippen LogP contribution in [0.15, 0.2) is 5.38 Å². The smallest absolute Gasteiger partial charge is 0.251 e. The SMILES string of the molecule is CC(C)Cc1scc(N)c1C(N)=O. The van der Waals surface area contributed by atoms with Crippen LogP contribution in [0.5, 0.6) is 0 Å². The molecule has 0 saturated heterocycles. The molecule has 0 bridgehead atoms. The van der Waals surface area contributed by atoms with E-state index in [1.54, 1.807) is 5.38 Å². The van der Waals surface area contributed by atoms with Gasteiger partial charge in [-0.15, -0.1) is 11.3 Å². The van der Waals surface area contributed by atoms with E-state index >= 15 is 0 Å². The Bertz CT molecular complexity index is 317. The summed E-state index contributed by atoms with van der Waals surface area (Å²) < 4.78 is 0. The van der Waals surface area contributed by atoms with Gasteiger partial charge < -0.3 is 11.5 Å². The van der Waals surface area contributed by atoms with E-state index in [1.807, 2.05) is 0 Å². The molecule has 1 amide bonds. The molecule has 3 nitrogen and oxygen atoms in total. The van der Waals surface area contributed by atoms with E-state index < -0.39 is 5.91 Å². The van der Waals surface area contributed by atoms with Crippen molar-refractivity contribution < 1.29 is 4.79 Å². The van der Waals surface area contributed by atoms with Crippen molar-refractivity contribution in [3.05, 3.63) is 15.8 Å². The number of hydrogen-bond donors (Lipinski definition) is 2. The molecule has 0 saturated carbocycles. The summed E-state index contributed by atoms with van der Waals surface area (Å²) >= 11 is 1.51. The average molecular weight is 198 g/mol. The van der Waals surface area contributed by atoms with E-state index in [0.29, 0.717) is 17.2 Å². The Labute approximate surface area is 81.7 Å². The first-order valence-electron chi connectivity index (χ1n) is 4.18. The maximum absolute atomic E-state index is 11.0. The van der Waals surface area contributed by atoms with Crippen LogP contribution in [0.3, 0.4) is 0 Å². The van der Waals surface area contributed by atoms with E-state index in [0.717, 1.165) is 11.3 Å². The molecular weight excluding hydrogens is 184 g/mol. The van der Waals surface area contributed by atoms with E-state index in [4.69, 9.17) is 11.5 Å². The fraction of sp³-hybridized carbons (Fsp3) is 0.444. The molecule has 0 aliphatic carbocycles. The molecular formula is C9H14N2OS. The first kappa shape index (κ1) is 10.1. The summed E-state index contributed by atoms with van der Waals surface area (Å²) in [6.07, 6.45) is 0.861. The van der Waals surface area contributed by atoms with Crippen LogP contribution in [-0.4, -0.2) is 5.91 Å². The first-order chi connectivity index (χ1) is 6.02. The van der Waals surface area contributed by atoms with Crippen molar-refractivity contribution in [2.24, 2.45) is 11.7 Å². The van der Waals surface area contributed by atoms with Gasteiger partial charge in [-0.25, -0.2) is 0 Å². The molecule has 1 heterocycles. The van der Waals surface area contributed by atoms with Crippen LogP contribution in [0.1, 0.15) is 29.1 Å². The monoisotopic (exact) mass is 198 g/mol. The van der Waals surface area contributed by atoms with Crippen LogP contribution in [0.4, 0.5) is 5.69 Å². The fourth-order valence-corrected chi connectivity index (χ4v) is 2.37. The molecule has 0 unspecified atom stereocenters. The first-order valence-corrected chi connectivity index (χ1v) is 5.06. The standard InChI is InChI=1S/C9H14N2OS/c1-5(2)3-7-8(9(11)12)6(10)4-13-7/h4-5H,3,10H2,1-2H3,(H2,11,12). The van der Waals surface area contributed by atoms with Crippen LogP contribution in [0, 0.1) is 5.92 Å². The predicted molar refractivity (Wildman–Crippen MR) is 55.8 cm³/mol. The highest BCUT2D eigenvalue weighted by Gasteiger charge is 2.15. The van der Waals surface area contributed by atoms with Crippen LogP contribution in [-0.2, 0) is 6.42 Å². The second-order valence-electron chi connectivity index (χ2n) is 3.45. The molecule has 4 N–H and O–H groups in total. The maximum Gasteiger partial charge on any atom is 0.251 e. The molecule has 13 heavy (non-hydrogen) atoms. The van der Waals surface area contributed by atoms with Crippen molar-refractivity contribution >= 4 is 22.9 Å². The van der Waals surface area contributed by atoms with Gasteiger partial charge in [0.2, 0.25) is 0 Å². The van der Waals surface area contributed by atoms with Gasteiger partial charge in [0.05, 0.1) is 11.3 Å². The molecule has 1 rings (SSSR count). The highest BCUT2D eigenvalue weighted by atomic mass is 32.1. The third kappa shape index (κ3) is 2.21. The maximum atomic E-state index is 11.0. The van der Waals surface area contributed by atoms with Gasteiger partial charge in [0.15, 0.2) is 0 Å². The molecule has 1 aromatic heterocycles. The lowest BCUT2D eigenvalue weighted by molar-refractivity contribution is 0.100. The Morgan fingerprint density at radius 2 is 2.23 bits per heavy atom. The summed E-state index contributed by atoms with van der Waals surface area (Å²) in [6, 6.07) is 0. The molecule has 1 aromatic rings. The number of rotatable bonds is 3. The lowest BCUT2D eigenvalue weighted by Gasteiger charge is -2.03. The molecule has 0 fully saturated rings. The molecule has 0 radical (unpaired) electrons. The Morgan fingerprint density at radius 3 is 2.69 bits per heavy atom. The second-order valence-corrected chi connectivity index (χ2v) is 4.42. The number of hydrogen-bond acceptors (Lipinski definition) is 3. The van der Waals surface area contributed by atoms with Gasteiger partial charge in [0.25, 0.3) is 5.91 Å². The third-order valence-corrected chi connectivity index (χ3v) is 2.76. The number of carbonyl (C=O) groups is 1. The third-order valence-electron chi connectivity index (χ3n) is 1.74. The van der Waals surface area contributed by atoms with Crippen molar-refractivity contribution in [2.45, 2.75) is 20.3 Å². The van der Waals surface area contributed by atoms with Crippen molar-refractivity contribution in [2.75, 3.05) is 5.73 Å².